The van der Waals surface area contributed by atoms with Crippen LogP contribution in [0.25, 0.3) is 0 Å². The maximum atomic E-state index is 13.1. The normalized spacial score (nSPS) is 28.2. The summed E-state index contributed by atoms with van der Waals surface area (Å²) in [6.45, 7) is 2.18. The first kappa shape index (κ1) is 15.6. The Kier molecular flexibility index (Phi) is 4.90. The van der Waals surface area contributed by atoms with Gasteiger partial charge in [0.25, 0.3) is 0 Å². The standard InChI is InChI=1S/C13H22F3N3O/c1-18-5-2-10(3-6-18)9-19-7-4-12(20)17-8-11(19)13(14,15)16/h10-11H,2-9H2,1H3,(H,17,20). The molecule has 0 aromatic rings. The molecule has 2 rings (SSSR count). The van der Waals surface area contributed by atoms with E-state index in [0.717, 1.165) is 25.9 Å². The van der Waals surface area contributed by atoms with Crippen molar-refractivity contribution in [2.75, 3.05) is 39.8 Å². The van der Waals surface area contributed by atoms with Crippen molar-refractivity contribution >= 4 is 5.91 Å². The quantitative estimate of drug-likeness (QED) is 0.827. The Balaban J connectivity index is 1.99. The molecular formula is C13H22F3N3O. The molecule has 1 atom stereocenters. The van der Waals surface area contributed by atoms with Gasteiger partial charge in [0.1, 0.15) is 6.04 Å². The van der Waals surface area contributed by atoms with Crippen LogP contribution in [0.2, 0.25) is 0 Å². The molecule has 7 heteroatoms. The summed E-state index contributed by atoms with van der Waals surface area (Å²) < 4.78 is 39.3. The van der Waals surface area contributed by atoms with E-state index < -0.39 is 12.2 Å². The lowest BCUT2D eigenvalue weighted by Gasteiger charge is -2.36. The summed E-state index contributed by atoms with van der Waals surface area (Å²) >= 11 is 0. The molecule has 0 bridgehead atoms. The highest BCUT2D eigenvalue weighted by molar-refractivity contribution is 5.76. The predicted octanol–water partition coefficient (Wildman–Crippen LogP) is 1.08. The minimum atomic E-state index is -4.29. The van der Waals surface area contributed by atoms with Gasteiger partial charge in [-0.2, -0.15) is 13.2 Å². The minimum Gasteiger partial charge on any atom is -0.354 e. The zero-order valence-electron chi connectivity index (χ0n) is 11.7. The van der Waals surface area contributed by atoms with Gasteiger partial charge >= 0.3 is 6.18 Å². The average Bonchev–Trinajstić information content (AvgIpc) is 2.54. The molecule has 4 nitrogen and oxygen atoms in total. The van der Waals surface area contributed by atoms with Gasteiger partial charge < -0.3 is 10.2 Å². The molecule has 2 saturated heterocycles. The van der Waals surface area contributed by atoms with Gasteiger partial charge in [0.2, 0.25) is 5.91 Å². The third-order valence-corrected chi connectivity index (χ3v) is 4.27. The molecule has 0 spiro atoms. The molecule has 2 aliphatic rings. The van der Waals surface area contributed by atoms with E-state index in [2.05, 4.69) is 10.2 Å². The van der Waals surface area contributed by atoms with E-state index >= 15 is 0 Å². The van der Waals surface area contributed by atoms with Crippen molar-refractivity contribution in [1.29, 1.82) is 0 Å². The summed E-state index contributed by atoms with van der Waals surface area (Å²) in [5.74, 6) is 0.00868. The van der Waals surface area contributed by atoms with Crippen molar-refractivity contribution in [3.05, 3.63) is 0 Å². The Morgan fingerprint density at radius 2 is 1.90 bits per heavy atom. The Morgan fingerprint density at radius 3 is 2.50 bits per heavy atom. The lowest BCUT2D eigenvalue weighted by Crippen LogP contribution is -2.51. The maximum Gasteiger partial charge on any atom is 0.405 e. The fourth-order valence-electron chi connectivity index (χ4n) is 2.95. The predicted molar refractivity (Wildman–Crippen MR) is 69.3 cm³/mol. The summed E-state index contributed by atoms with van der Waals surface area (Å²) in [4.78, 5) is 15.0. The molecule has 1 unspecified atom stereocenters. The van der Waals surface area contributed by atoms with Crippen LogP contribution in [0.1, 0.15) is 19.3 Å². The van der Waals surface area contributed by atoms with Crippen molar-refractivity contribution in [2.24, 2.45) is 5.92 Å². The second-order valence-corrected chi connectivity index (χ2v) is 5.85. The van der Waals surface area contributed by atoms with Crippen LogP contribution >= 0.6 is 0 Å². The Hall–Kier alpha value is -0.820. The molecule has 0 radical (unpaired) electrons. The molecule has 116 valence electrons. The smallest absolute Gasteiger partial charge is 0.354 e. The van der Waals surface area contributed by atoms with Crippen molar-refractivity contribution < 1.29 is 18.0 Å². The third kappa shape index (κ3) is 4.09. The highest BCUT2D eigenvalue weighted by Crippen LogP contribution is 2.28. The fourth-order valence-corrected chi connectivity index (χ4v) is 2.95. The summed E-state index contributed by atoms with van der Waals surface area (Å²) in [6, 6.07) is -1.55. The number of rotatable bonds is 2. The molecule has 0 aromatic heterocycles. The summed E-state index contributed by atoms with van der Waals surface area (Å²) in [5.41, 5.74) is 0. The van der Waals surface area contributed by atoms with Crippen molar-refractivity contribution in [3.63, 3.8) is 0 Å². The number of hydrogen-bond donors (Lipinski definition) is 1. The van der Waals surface area contributed by atoms with Crippen molar-refractivity contribution in [2.45, 2.75) is 31.5 Å². The molecule has 2 heterocycles. The monoisotopic (exact) mass is 293 g/mol. The van der Waals surface area contributed by atoms with Crippen LogP contribution in [-0.4, -0.2) is 67.7 Å². The molecule has 2 fully saturated rings. The van der Waals surface area contributed by atoms with Gasteiger partial charge in [0, 0.05) is 26.1 Å². The van der Waals surface area contributed by atoms with E-state index in [9.17, 15) is 18.0 Å². The lowest BCUT2D eigenvalue weighted by molar-refractivity contribution is -0.182. The molecule has 1 N–H and O–H groups in total. The number of alkyl halides is 3. The van der Waals surface area contributed by atoms with E-state index in [0.29, 0.717) is 12.5 Å². The van der Waals surface area contributed by atoms with Gasteiger partial charge in [-0.05, 0) is 38.9 Å². The highest BCUT2D eigenvalue weighted by Gasteiger charge is 2.45. The van der Waals surface area contributed by atoms with Crippen LogP contribution in [0.3, 0.4) is 0 Å². The van der Waals surface area contributed by atoms with Gasteiger partial charge in [-0.15, -0.1) is 0 Å². The highest BCUT2D eigenvalue weighted by atomic mass is 19.4. The fraction of sp³-hybridized carbons (Fsp3) is 0.923. The molecule has 0 aromatic carbocycles. The van der Waals surface area contributed by atoms with E-state index in [1.807, 2.05) is 7.05 Å². The average molecular weight is 293 g/mol. The van der Waals surface area contributed by atoms with E-state index in [1.165, 1.54) is 4.90 Å². The molecule has 20 heavy (non-hydrogen) atoms. The second kappa shape index (κ2) is 6.30. The second-order valence-electron chi connectivity index (χ2n) is 5.85. The molecule has 1 amide bonds. The van der Waals surface area contributed by atoms with Gasteiger partial charge in [-0.3, -0.25) is 9.69 Å². The largest absolute Gasteiger partial charge is 0.405 e. The first-order valence-electron chi connectivity index (χ1n) is 7.12. The maximum absolute atomic E-state index is 13.1. The van der Waals surface area contributed by atoms with Crippen LogP contribution in [0.4, 0.5) is 13.2 Å². The summed E-state index contributed by atoms with van der Waals surface area (Å²) in [6.07, 6.45) is -2.28. The van der Waals surface area contributed by atoms with Crippen LogP contribution in [0, 0.1) is 5.92 Å². The van der Waals surface area contributed by atoms with Crippen LogP contribution in [0.15, 0.2) is 0 Å². The minimum absolute atomic E-state index is 0.152. The summed E-state index contributed by atoms with van der Waals surface area (Å²) in [7, 11) is 2.03. The van der Waals surface area contributed by atoms with Crippen LogP contribution in [0.5, 0.6) is 0 Å². The lowest BCUT2D eigenvalue weighted by atomic mass is 9.96. The number of carbonyl (C=O) groups excluding carboxylic acids is 1. The van der Waals surface area contributed by atoms with Gasteiger partial charge in [-0.25, -0.2) is 0 Å². The summed E-state index contributed by atoms with van der Waals surface area (Å²) in [5, 5.41) is 2.37. The number of hydrogen-bond acceptors (Lipinski definition) is 3. The first-order valence-corrected chi connectivity index (χ1v) is 7.12. The Labute approximate surface area is 117 Å². The number of piperidine rings is 1. The zero-order valence-corrected chi connectivity index (χ0v) is 11.7. The van der Waals surface area contributed by atoms with Crippen LogP contribution < -0.4 is 5.32 Å². The van der Waals surface area contributed by atoms with E-state index in [1.54, 1.807) is 0 Å². The van der Waals surface area contributed by atoms with Crippen molar-refractivity contribution in [3.8, 4) is 0 Å². The van der Waals surface area contributed by atoms with E-state index in [4.69, 9.17) is 0 Å². The first-order chi connectivity index (χ1) is 9.36. The third-order valence-electron chi connectivity index (χ3n) is 4.27. The SMILES string of the molecule is CN1CCC(CN2CCC(=O)NCC2C(F)(F)F)CC1. The van der Waals surface area contributed by atoms with Gasteiger partial charge in [0.15, 0.2) is 0 Å². The molecule has 2 aliphatic heterocycles. The Bertz CT molecular complexity index is 340. The topological polar surface area (TPSA) is 35.6 Å². The number of nitrogens with one attached hydrogen (secondary N) is 1. The molecule has 0 aliphatic carbocycles. The number of likely N-dealkylation sites (tertiary alicyclic amines) is 1. The zero-order chi connectivity index (χ0) is 14.8. The number of halogens is 3. The number of carbonyl (C=O) groups is 1. The van der Waals surface area contributed by atoms with E-state index in [-0.39, 0.29) is 25.4 Å². The number of amides is 1. The van der Waals surface area contributed by atoms with Gasteiger partial charge in [0.05, 0.1) is 0 Å². The molecule has 0 saturated carbocycles. The van der Waals surface area contributed by atoms with Crippen molar-refractivity contribution in [1.82, 2.24) is 15.1 Å². The van der Waals surface area contributed by atoms with Crippen LogP contribution in [-0.2, 0) is 4.79 Å². The van der Waals surface area contributed by atoms with Gasteiger partial charge in [-0.1, -0.05) is 0 Å². The molecular weight excluding hydrogens is 271 g/mol. The Morgan fingerprint density at radius 1 is 1.25 bits per heavy atom. The number of nitrogens with zero attached hydrogens (tertiary/aromatic N) is 2.